The van der Waals surface area contributed by atoms with Crippen molar-refractivity contribution in [3.05, 3.63) is 54.3 Å². The lowest BCUT2D eigenvalue weighted by Crippen LogP contribution is -2.10. The molecule has 1 saturated carbocycles. The van der Waals surface area contributed by atoms with Crippen LogP contribution >= 0.6 is 0 Å². The number of benzene rings is 2. The maximum Gasteiger partial charge on any atom is 0.132 e. The van der Waals surface area contributed by atoms with Crippen LogP contribution in [0.25, 0.3) is 22.2 Å². The second-order valence-electron chi connectivity index (χ2n) is 6.55. The summed E-state index contributed by atoms with van der Waals surface area (Å²) in [6.07, 6.45) is 2.48. The lowest BCUT2D eigenvalue weighted by atomic mass is 10.1. The number of rotatable bonds is 4. The Morgan fingerprint density at radius 1 is 1.08 bits per heavy atom. The van der Waals surface area contributed by atoms with Crippen molar-refractivity contribution in [1.82, 2.24) is 4.98 Å². The molecule has 0 bridgehead atoms. The third-order valence-electron chi connectivity index (χ3n) is 4.37. The van der Waals surface area contributed by atoms with E-state index in [-0.39, 0.29) is 5.82 Å². The van der Waals surface area contributed by atoms with Crippen molar-refractivity contribution in [3.8, 4) is 11.3 Å². The molecule has 1 heterocycles. The number of fused-ring (bicyclic) bond motifs is 1. The Bertz CT molecular complexity index is 901. The van der Waals surface area contributed by atoms with Crippen LogP contribution in [0.1, 0.15) is 12.8 Å². The highest BCUT2D eigenvalue weighted by atomic mass is 19.1. The third-order valence-corrected chi connectivity index (χ3v) is 4.37. The van der Waals surface area contributed by atoms with Crippen LogP contribution in [0.5, 0.6) is 0 Å². The summed E-state index contributed by atoms with van der Waals surface area (Å²) >= 11 is 0. The van der Waals surface area contributed by atoms with E-state index in [0.29, 0.717) is 17.3 Å². The van der Waals surface area contributed by atoms with Crippen LogP contribution in [-0.2, 0) is 0 Å². The zero-order valence-electron chi connectivity index (χ0n) is 13.9. The summed E-state index contributed by atoms with van der Waals surface area (Å²) in [5.74, 6) is -0.249. The van der Waals surface area contributed by atoms with Crippen molar-refractivity contribution in [2.24, 2.45) is 0 Å². The molecular formula is C20H20FN3. The van der Waals surface area contributed by atoms with Gasteiger partial charge in [0.1, 0.15) is 5.82 Å². The fraction of sp³-hybridized carbons (Fsp3) is 0.250. The Hall–Kier alpha value is -2.62. The van der Waals surface area contributed by atoms with E-state index in [9.17, 15) is 4.39 Å². The number of nitrogens with one attached hydrogen (secondary N) is 1. The third kappa shape index (κ3) is 2.80. The molecule has 24 heavy (non-hydrogen) atoms. The summed E-state index contributed by atoms with van der Waals surface area (Å²) in [7, 11) is 4.00. The first-order valence-corrected chi connectivity index (χ1v) is 8.25. The molecular weight excluding hydrogens is 301 g/mol. The molecule has 0 spiro atoms. The van der Waals surface area contributed by atoms with Gasteiger partial charge in [-0.05, 0) is 49.2 Å². The highest BCUT2D eigenvalue weighted by molar-refractivity contribution is 5.96. The summed E-state index contributed by atoms with van der Waals surface area (Å²) in [6.45, 7) is 0. The predicted molar refractivity (Wildman–Crippen MR) is 98.1 cm³/mol. The second kappa shape index (κ2) is 5.78. The van der Waals surface area contributed by atoms with Crippen LogP contribution in [0.3, 0.4) is 0 Å². The molecule has 1 aromatic heterocycles. The zero-order valence-corrected chi connectivity index (χ0v) is 13.9. The molecule has 3 nitrogen and oxygen atoms in total. The molecule has 0 unspecified atom stereocenters. The topological polar surface area (TPSA) is 28.2 Å². The molecule has 3 aromatic rings. The van der Waals surface area contributed by atoms with Crippen LogP contribution in [-0.4, -0.2) is 25.1 Å². The minimum Gasteiger partial charge on any atom is -0.382 e. The van der Waals surface area contributed by atoms with E-state index in [0.717, 1.165) is 22.3 Å². The lowest BCUT2D eigenvalue weighted by molar-refractivity contribution is 0.631. The van der Waals surface area contributed by atoms with Crippen molar-refractivity contribution in [2.75, 3.05) is 24.3 Å². The van der Waals surface area contributed by atoms with Crippen LogP contribution in [0, 0.1) is 5.82 Å². The Morgan fingerprint density at radius 2 is 1.88 bits per heavy atom. The van der Waals surface area contributed by atoms with Crippen molar-refractivity contribution in [1.29, 1.82) is 0 Å². The Morgan fingerprint density at radius 3 is 2.58 bits per heavy atom. The summed E-state index contributed by atoms with van der Waals surface area (Å²) in [5, 5.41) is 4.60. The SMILES string of the molecule is CN(C)c1cc(-c2ccccc2F)nc2ccc(NC3CC3)cc12. The number of anilines is 2. The van der Waals surface area contributed by atoms with Crippen LogP contribution < -0.4 is 10.2 Å². The first-order valence-electron chi connectivity index (χ1n) is 8.25. The Labute approximate surface area is 141 Å². The van der Waals surface area contributed by atoms with E-state index in [1.54, 1.807) is 12.1 Å². The van der Waals surface area contributed by atoms with Gasteiger partial charge in [0.15, 0.2) is 0 Å². The van der Waals surface area contributed by atoms with Gasteiger partial charge in [-0.2, -0.15) is 0 Å². The van der Waals surface area contributed by atoms with Gasteiger partial charge < -0.3 is 10.2 Å². The summed E-state index contributed by atoms with van der Waals surface area (Å²) in [4.78, 5) is 6.74. The Balaban J connectivity index is 1.87. The predicted octanol–water partition coefficient (Wildman–Crippen LogP) is 4.68. The number of aromatic nitrogens is 1. The van der Waals surface area contributed by atoms with Gasteiger partial charge in [0.05, 0.1) is 11.2 Å². The minimum atomic E-state index is -0.249. The zero-order chi connectivity index (χ0) is 16.7. The second-order valence-corrected chi connectivity index (χ2v) is 6.55. The number of pyridine rings is 1. The van der Waals surface area contributed by atoms with Crippen molar-refractivity contribution in [3.63, 3.8) is 0 Å². The van der Waals surface area contributed by atoms with Gasteiger partial charge in [0.25, 0.3) is 0 Å². The highest BCUT2D eigenvalue weighted by Crippen LogP contribution is 2.33. The average molecular weight is 321 g/mol. The number of hydrogen-bond donors (Lipinski definition) is 1. The molecule has 1 aliphatic rings. The standard InChI is InChI=1S/C20H20FN3/c1-24(2)20-12-19(15-5-3-4-6-17(15)21)23-18-10-9-14(11-16(18)20)22-13-7-8-13/h3-6,9-13,22H,7-8H2,1-2H3. The van der Waals surface area contributed by atoms with Crippen molar-refractivity contribution in [2.45, 2.75) is 18.9 Å². The van der Waals surface area contributed by atoms with Crippen molar-refractivity contribution < 1.29 is 4.39 Å². The van der Waals surface area contributed by atoms with Gasteiger partial charge in [-0.3, -0.25) is 0 Å². The van der Waals surface area contributed by atoms with Crippen molar-refractivity contribution >= 4 is 22.3 Å². The molecule has 2 aromatic carbocycles. The fourth-order valence-corrected chi connectivity index (χ4v) is 2.94. The number of halogens is 1. The molecule has 0 amide bonds. The van der Waals surface area contributed by atoms with E-state index < -0.39 is 0 Å². The van der Waals surface area contributed by atoms with E-state index in [1.807, 2.05) is 32.3 Å². The smallest absolute Gasteiger partial charge is 0.132 e. The van der Waals surface area contributed by atoms with Gasteiger partial charge in [0.2, 0.25) is 0 Å². The number of hydrogen-bond acceptors (Lipinski definition) is 3. The molecule has 4 rings (SSSR count). The summed E-state index contributed by atoms with van der Waals surface area (Å²) in [5.41, 5.74) is 4.22. The largest absolute Gasteiger partial charge is 0.382 e. The first kappa shape index (κ1) is 14.9. The van der Waals surface area contributed by atoms with E-state index in [4.69, 9.17) is 4.98 Å². The van der Waals surface area contributed by atoms with Gasteiger partial charge in [-0.1, -0.05) is 12.1 Å². The fourth-order valence-electron chi connectivity index (χ4n) is 2.94. The molecule has 122 valence electrons. The van der Waals surface area contributed by atoms with Gasteiger partial charge in [-0.15, -0.1) is 0 Å². The van der Waals surface area contributed by atoms with Gasteiger partial charge in [0, 0.05) is 42.5 Å². The van der Waals surface area contributed by atoms with Gasteiger partial charge >= 0.3 is 0 Å². The van der Waals surface area contributed by atoms with Crippen LogP contribution in [0.4, 0.5) is 15.8 Å². The van der Waals surface area contributed by atoms with E-state index in [2.05, 4.69) is 22.3 Å². The van der Waals surface area contributed by atoms with E-state index >= 15 is 0 Å². The molecule has 0 radical (unpaired) electrons. The van der Waals surface area contributed by atoms with Gasteiger partial charge in [-0.25, -0.2) is 9.37 Å². The van der Waals surface area contributed by atoms with E-state index in [1.165, 1.54) is 18.9 Å². The molecule has 0 aliphatic heterocycles. The minimum absolute atomic E-state index is 0.249. The maximum atomic E-state index is 14.2. The molecule has 1 fully saturated rings. The van der Waals surface area contributed by atoms with Crippen LogP contribution in [0.15, 0.2) is 48.5 Å². The summed E-state index contributed by atoms with van der Waals surface area (Å²) in [6, 6.07) is 15.5. The lowest BCUT2D eigenvalue weighted by Gasteiger charge is -2.18. The molecule has 4 heteroatoms. The first-order chi connectivity index (χ1) is 11.6. The molecule has 0 atom stereocenters. The quantitative estimate of drug-likeness (QED) is 0.756. The monoisotopic (exact) mass is 321 g/mol. The Kier molecular flexibility index (Phi) is 3.60. The molecule has 1 N–H and O–H groups in total. The summed E-state index contributed by atoms with van der Waals surface area (Å²) < 4.78 is 14.2. The molecule has 0 saturated heterocycles. The number of nitrogens with zero attached hydrogens (tertiary/aromatic N) is 2. The highest BCUT2D eigenvalue weighted by Gasteiger charge is 2.21. The average Bonchev–Trinajstić information content (AvgIpc) is 3.38. The normalized spacial score (nSPS) is 14.0. The maximum absolute atomic E-state index is 14.2. The van der Waals surface area contributed by atoms with Crippen LogP contribution in [0.2, 0.25) is 0 Å². The molecule has 1 aliphatic carbocycles.